The summed E-state index contributed by atoms with van der Waals surface area (Å²) < 4.78 is 45.0. The van der Waals surface area contributed by atoms with Crippen LogP contribution in [0.4, 0.5) is 13.2 Å². The maximum absolute atomic E-state index is 13.1. The van der Waals surface area contributed by atoms with E-state index in [2.05, 4.69) is 10.3 Å². The fourth-order valence-corrected chi connectivity index (χ4v) is 3.94. The number of aryl methyl sites for hydroxylation is 1. The number of carbonyl (C=O) groups is 1. The van der Waals surface area contributed by atoms with Gasteiger partial charge < -0.3 is 9.73 Å². The lowest BCUT2D eigenvalue weighted by Gasteiger charge is -2.33. The van der Waals surface area contributed by atoms with Gasteiger partial charge in [-0.25, -0.2) is 4.98 Å². The highest BCUT2D eigenvalue weighted by Gasteiger charge is 2.45. The van der Waals surface area contributed by atoms with Gasteiger partial charge in [0.2, 0.25) is 5.91 Å². The molecule has 2 aromatic rings. The molecule has 1 aromatic heterocycles. The largest absolute Gasteiger partial charge is 0.441 e. The van der Waals surface area contributed by atoms with Crippen molar-refractivity contribution in [3.8, 4) is 11.3 Å². The highest BCUT2D eigenvalue weighted by Crippen LogP contribution is 2.37. The van der Waals surface area contributed by atoms with E-state index in [-0.39, 0.29) is 19.3 Å². The van der Waals surface area contributed by atoms with E-state index < -0.39 is 24.0 Å². The van der Waals surface area contributed by atoms with Crippen molar-refractivity contribution in [2.24, 2.45) is 5.92 Å². The van der Waals surface area contributed by atoms with Crippen molar-refractivity contribution in [3.63, 3.8) is 0 Å². The Balaban J connectivity index is 1.57. The quantitative estimate of drug-likeness (QED) is 0.644. The molecule has 9 heteroatoms. The highest BCUT2D eigenvalue weighted by molar-refractivity contribution is 6.36. The highest BCUT2D eigenvalue weighted by atomic mass is 35.5. The van der Waals surface area contributed by atoms with Crippen molar-refractivity contribution in [1.82, 2.24) is 10.3 Å². The topological polar surface area (TPSA) is 55.1 Å². The number of hydrogen-bond acceptors (Lipinski definition) is 3. The lowest BCUT2D eigenvalue weighted by atomic mass is 9.84. The molecular formula is C19H19Cl2F3N2O2. The van der Waals surface area contributed by atoms with Crippen LogP contribution >= 0.6 is 23.2 Å². The van der Waals surface area contributed by atoms with E-state index in [4.69, 9.17) is 27.6 Å². The minimum atomic E-state index is -4.30. The van der Waals surface area contributed by atoms with Gasteiger partial charge >= 0.3 is 6.18 Å². The molecule has 4 nitrogen and oxygen atoms in total. The molecular weight excluding hydrogens is 416 g/mol. The Morgan fingerprint density at radius 3 is 2.71 bits per heavy atom. The molecule has 0 saturated heterocycles. The maximum Gasteiger partial charge on any atom is 0.393 e. The number of benzene rings is 1. The molecule has 1 aliphatic rings. The van der Waals surface area contributed by atoms with Gasteiger partial charge in [0.15, 0.2) is 11.7 Å². The molecule has 1 heterocycles. The Kier molecular flexibility index (Phi) is 6.55. The van der Waals surface area contributed by atoms with Crippen molar-refractivity contribution < 1.29 is 22.4 Å². The van der Waals surface area contributed by atoms with Gasteiger partial charge in [-0.05, 0) is 31.0 Å². The summed E-state index contributed by atoms with van der Waals surface area (Å²) in [6.07, 6.45) is -1.02. The van der Waals surface area contributed by atoms with Gasteiger partial charge in [0.05, 0.1) is 17.1 Å². The molecule has 0 spiro atoms. The molecule has 1 saturated carbocycles. The first kappa shape index (κ1) is 21.0. The molecule has 0 bridgehead atoms. The number of oxazole rings is 1. The summed E-state index contributed by atoms with van der Waals surface area (Å²) in [6.45, 7) is 0. The fourth-order valence-electron chi connectivity index (χ4n) is 3.43. The third-order valence-electron chi connectivity index (χ3n) is 4.85. The predicted molar refractivity (Wildman–Crippen MR) is 100 cm³/mol. The van der Waals surface area contributed by atoms with Crippen LogP contribution in [0.2, 0.25) is 10.0 Å². The molecule has 1 aliphatic carbocycles. The number of nitrogens with zero attached hydrogens (tertiary/aromatic N) is 1. The van der Waals surface area contributed by atoms with Gasteiger partial charge in [-0.15, -0.1) is 0 Å². The number of aromatic nitrogens is 1. The number of rotatable bonds is 5. The van der Waals surface area contributed by atoms with Gasteiger partial charge in [0.25, 0.3) is 0 Å². The summed E-state index contributed by atoms with van der Waals surface area (Å²) in [5, 5.41) is 3.43. The van der Waals surface area contributed by atoms with Crippen LogP contribution in [0.3, 0.4) is 0 Å². The number of hydrogen-bond donors (Lipinski definition) is 1. The lowest BCUT2D eigenvalue weighted by molar-refractivity contribution is -0.189. The molecule has 0 aliphatic heterocycles. The van der Waals surface area contributed by atoms with E-state index in [0.717, 1.165) is 0 Å². The number of amides is 1. The van der Waals surface area contributed by atoms with E-state index in [9.17, 15) is 18.0 Å². The maximum atomic E-state index is 13.1. The monoisotopic (exact) mass is 434 g/mol. The van der Waals surface area contributed by atoms with E-state index in [1.54, 1.807) is 18.2 Å². The first-order chi connectivity index (χ1) is 13.2. The normalized spacial score (nSPS) is 20.2. The number of nitrogens with one attached hydrogen (secondary N) is 1. The average molecular weight is 435 g/mol. The van der Waals surface area contributed by atoms with Crippen molar-refractivity contribution >= 4 is 29.1 Å². The first-order valence-corrected chi connectivity index (χ1v) is 9.76. The van der Waals surface area contributed by atoms with Crippen molar-refractivity contribution in [1.29, 1.82) is 0 Å². The molecule has 1 fully saturated rings. The Morgan fingerprint density at radius 1 is 1.25 bits per heavy atom. The van der Waals surface area contributed by atoms with Crippen molar-refractivity contribution in [2.75, 3.05) is 0 Å². The van der Waals surface area contributed by atoms with E-state index in [1.807, 2.05) is 0 Å². The molecule has 28 heavy (non-hydrogen) atoms. The van der Waals surface area contributed by atoms with Crippen LogP contribution in [0.15, 0.2) is 28.8 Å². The third-order valence-corrected chi connectivity index (χ3v) is 5.40. The Morgan fingerprint density at radius 2 is 2.00 bits per heavy atom. The van der Waals surface area contributed by atoms with Crippen LogP contribution in [0.5, 0.6) is 0 Å². The minimum Gasteiger partial charge on any atom is -0.441 e. The number of alkyl halides is 3. The van der Waals surface area contributed by atoms with Crippen LogP contribution < -0.4 is 5.32 Å². The zero-order valence-corrected chi connectivity index (χ0v) is 16.4. The first-order valence-electron chi connectivity index (χ1n) is 9.00. The van der Waals surface area contributed by atoms with Gasteiger partial charge in [0, 0.05) is 29.5 Å². The summed E-state index contributed by atoms with van der Waals surface area (Å²) in [5.74, 6) is -1.18. The second-order valence-corrected chi connectivity index (χ2v) is 7.69. The van der Waals surface area contributed by atoms with Crippen LogP contribution in [-0.4, -0.2) is 23.1 Å². The fraction of sp³-hybridized carbons (Fsp3) is 0.474. The van der Waals surface area contributed by atoms with Crippen molar-refractivity contribution in [3.05, 3.63) is 40.3 Å². The molecule has 3 rings (SSSR count). The number of halogens is 5. The minimum absolute atomic E-state index is 0.00458. The number of carbonyl (C=O) groups excluding carboxylic acids is 1. The molecule has 1 amide bonds. The summed E-state index contributed by atoms with van der Waals surface area (Å²) >= 11 is 12.0. The van der Waals surface area contributed by atoms with Gasteiger partial charge in [-0.2, -0.15) is 13.2 Å². The zero-order chi connectivity index (χ0) is 20.3. The second-order valence-electron chi connectivity index (χ2n) is 6.85. The van der Waals surface area contributed by atoms with Crippen LogP contribution in [-0.2, 0) is 11.2 Å². The van der Waals surface area contributed by atoms with Crippen LogP contribution in [0.1, 0.15) is 38.0 Å². The van der Waals surface area contributed by atoms with Crippen LogP contribution in [0, 0.1) is 5.92 Å². The Labute approximate surface area is 170 Å². The summed E-state index contributed by atoms with van der Waals surface area (Å²) in [6, 6.07) is 4.08. The standard InChI is InChI=1S/C19H19Cl2F3N2O2/c20-11-5-6-12(14(21)9-11)16-10-25-18(28-16)8-7-17(27)26-15-4-2-1-3-13(15)19(22,23)24/h5-6,9-10,13,15H,1-4,7-8H2,(H,26,27). The molecule has 1 aromatic carbocycles. The molecule has 2 atom stereocenters. The van der Waals surface area contributed by atoms with E-state index >= 15 is 0 Å². The summed E-state index contributed by atoms with van der Waals surface area (Å²) in [4.78, 5) is 16.3. The van der Waals surface area contributed by atoms with E-state index in [1.165, 1.54) is 6.20 Å². The second kappa shape index (κ2) is 8.74. The average Bonchev–Trinajstić information content (AvgIpc) is 3.08. The lowest BCUT2D eigenvalue weighted by Crippen LogP contribution is -2.47. The predicted octanol–water partition coefficient (Wildman–Crippen LogP) is 5.82. The van der Waals surface area contributed by atoms with Gasteiger partial charge in [-0.1, -0.05) is 36.0 Å². The summed E-state index contributed by atoms with van der Waals surface area (Å²) in [7, 11) is 0. The smallest absolute Gasteiger partial charge is 0.393 e. The van der Waals surface area contributed by atoms with Crippen molar-refractivity contribution in [2.45, 2.75) is 50.7 Å². The third kappa shape index (κ3) is 5.20. The molecule has 1 N–H and O–H groups in total. The molecule has 2 unspecified atom stereocenters. The Bertz CT molecular complexity index is 839. The SMILES string of the molecule is O=C(CCc1ncc(-c2ccc(Cl)cc2Cl)o1)NC1CCCCC1C(F)(F)F. The molecule has 152 valence electrons. The zero-order valence-electron chi connectivity index (χ0n) is 14.9. The Hall–Kier alpha value is -1.73. The van der Waals surface area contributed by atoms with E-state index in [0.29, 0.717) is 46.5 Å². The van der Waals surface area contributed by atoms with Crippen LogP contribution in [0.25, 0.3) is 11.3 Å². The van der Waals surface area contributed by atoms with Gasteiger partial charge in [-0.3, -0.25) is 4.79 Å². The summed E-state index contributed by atoms with van der Waals surface area (Å²) in [5.41, 5.74) is 0.615. The molecule has 0 radical (unpaired) electrons. The van der Waals surface area contributed by atoms with Gasteiger partial charge in [0.1, 0.15) is 0 Å².